The Balaban J connectivity index is 1.90. The summed E-state index contributed by atoms with van der Waals surface area (Å²) in [6.07, 6.45) is 2.94. The minimum absolute atomic E-state index is 0.490. The van der Waals surface area contributed by atoms with Gasteiger partial charge in [-0.2, -0.15) is 0 Å². The van der Waals surface area contributed by atoms with Crippen molar-refractivity contribution in [3.05, 3.63) is 36.5 Å². The fraction of sp³-hybridized carbons (Fsp3) is 0.400. The fourth-order valence-electron chi connectivity index (χ4n) is 2.52. The standard InChI is InChI=1S/C15H18N2O/c1-11-10-18-9-7-13(11)17-15-6-8-16-14-5-3-2-4-12(14)15/h2-6,8,11,13H,7,9-10H2,1H3,(H,16,17). The average Bonchev–Trinajstić information content (AvgIpc) is 2.42. The SMILES string of the molecule is CC1COCCC1Nc1ccnc2ccccc12. The molecule has 0 saturated carbocycles. The van der Waals surface area contributed by atoms with E-state index in [2.05, 4.69) is 35.4 Å². The van der Waals surface area contributed by atoms with Crippen LogP contribution in [-0.4, -0.2) is 24.2 Å². The zero-order chi connectivity index (χ0) is 12.4. The van der Waals surface area contributed by atoms with Crippen LogP contribution in [0.15, 0.2) is 36.5 Å². The van der Waals surface area contributed by atoms with Gasteiger partial charge in [-0.1, -0.05) is 25.1 Å². The Bertz CT molecular complexity index is 536. The summed E-state index contributed by atoms with van der Waals surface area (Å²) in [5, 5.41) is 4.85. The second-order valence-corrected chi connectivity index (χ2v) is 4.97. The first-order valence-corrected chi connectivity index (χ1v) is 6.52. The van der Waals surface area contributed by atoms with Crippen molar-refractivity contribution >= 4 is 16.6 Å². The van der Waals surface area contributed by atoms with Gasteiger partial charge >= 0.3 is 0 Å². The van der Waals surface area contributed by atoms with Gasteiger partial charge in [-0.15, -0.1) is 0 Å². The Morgan fingerprint density at radius 2 is 2.17 bits per heavy atom. The highest BCUT2D eigenvalue weighted by Gasteiger charge is 2.21. The van der Waals surface area contributed by atoms with E-state index in [1.54, 1.807) is 0 Å². The van der Waals surface area contributed by atoms with Crippen LogP contribution in [-0.2, 0) is 4.74 Å². The van der Waals surface area contributed by atoms with Gasteiger partial charge in [0, 0.05) is 29.9 Å². The summed E-state index contributed by atoms with van der Waals surface area (Å²) in [6.45, 7) is 3.94. The predicted molar refractivity (Wildman–Crippen MR) is 73.8 cm³/mol. The summed E-state index contributed by atoms with van der Waals surface area (Å²) in [7, 11) is 0. The zero-order valence-corrected chi connectivity index (χ0v) is 10.6. The number of pyridine rings is 1. The molecule has 3 rings (SSSR count). The maximum atomic E-state index is 5.48. The van der Waals surface area contributed by atoms with E-state index in [4.69, 9.17) is 4.74 Å². The number of ether oxygens (including phenoxy) is 1. The van der Waals surface area contributed by atoms with E-state index in [9.17, 15) is 0 Å². The molecule has 2 heterocycles. The predicted octanol–water partition coefficient (Wildman–Crippen LogP) is 3.07. The summed E-state index contributed by atoms with van der Waals surface area (Å²) in [5.74, 6) is 0.547. The normalized spacial score (nSPS) is 24.1. The average molecular weight is 242 g/mol. The number of fused-ring (bicyclic) bond motifs is 1. The van der Waals surface area contributed by atoms with Crippen LogP contribution in [0, 0.1) is 5.92 Å². The molecule has 1 aliphatic rings. The zero-order valence-electron chi connectivity index (χ0n) is 10.6. The molecule has 94 valence electrons. The molecule has 0 spiro atoms. The van der Waals surface area contributed by atoms with Crippen molar-refractivity contribution < 1.29 is 4.74 Å². The number of aromatic nitrogens is 1. The van der Waals surface area contributed by atoms with Crippen LogP contribution in [0.1, 0.15) is 13.3 Å². The van der Waals surface area contributed by atoms with Gasteiger partial charge in [-0.3, -0.25) is 4.98 Å². The molecule has 1 aromatic carbocycles. The summed E-state index contributed by atoms with van der Waals surface area (Å²) < 4.78 is 5.48. The molecule has 2 unspecified atom stereocenters. The molecule has 1 aromatic heterocycles. The molecule has 18 heavy (non-hydrogen) atoms. The van der Waals surface area contributed by atoms with E-state index in [-0.39, 0.29) is 0 Å². The lowest BCUT2D eigenvalue weighted by molar-refractivity contribution is 0.0538. The molecule has 0 amide bonds. The summed E-state index contributed by atoms with van der Waals surface area (Å²) in [5.41, 5.74) is 2.22. The lowest BCUT2D eigenvalue weighted by Gasteiger charge is -2.30. The minimum Gasteiger partial charge on any atom is -0.381 e. The van der Waals surface area contributed by atoms with E-state index in [1.165, 1.54) is 11.1 Å². The molecule has 1 N–H and O–H groups in total. The third kappa shape index (κ3) is 2.18. The molecule has 0 aliphatic carbocycles. The third-order valence-electron chi connectivity index (χ3n) is 3.63. The molecule has 1 saturated heterocycles. The molecule has 0 radical (unpaired) electrons. The number of benzene rings is 1. The third-order valence-corrected chi connectivity index (χ3v) is 3.63. The van der Waals surface area contributed by atoms with E-state index >= 15 is 0 Å². The van der Waals surface area contributed by atoms with Gasteiger partial charge in [0.1, 0.15) is 0 Å². The molecular formula is C15H18N2O. The van der Waals surface area contributed by atoms with Crippen molar-refractivity contribution in [1.82, 2.24) is 4.98 Å². The van der Waals surface area contributed by atoms with Crippen molar-refractivity contribution in [2.75, 3.05) is 18.5 Å². The number of hydrogen-bond donors (Lipinski definition) is 1. The van der Waals surface area contributed by atoms with Crippen molar-refractivity contribution in [2.24, 2.45) is 5.92 Å². The maximum absolute atomic E-state index is 5.48. The molecule has 2 atom stereocenters. The lowest BCUT2D eigenvalue weighted by atomic mass is 9.97. The topological polar surface area (TPSA) is 34.1 Å². The molecule has 0 bridgehead atoms. The van der Waals surface area contributed by atoms with Crippen LogP contribution in [0.4, 0.5) is 5.69 Å². The van der Waals surface area contributed by atoms with Crippen molar-refractivity contribution in [3.63, 3.8) is 0 Å². The first kappa shape index (κ1) is 11.5. The van der Waals surface area contributed by atoms with Gasteiger partial charge in [0.25, 0.3) is 0 Å². The molecule has 1 fully saturated rings. The molecule has 1 aliphatic heterocycles. The van der Waals surface area contributed by atoms with Crippen LogP contribution >= 0.6 is 0 Å². The van der Waals surface area contributed by atoms with Crippen LogP contribution < -0.4 is 5.32 Å². The second kappa shape index (κ2) is 4.94. The highest BCUT2D eigenvalue weighted by atomic mass is 16.5. The van der Waals surface area contributed by atoms with Gasteiger partial charge in [0.05, 0.1) is 12.1 Å². The Labute approximate surface area is 107 Å². The van der Waals surface area contributed by atoms with Crippen molar-refractivity contribution in [3.8, 4) is 0 Å². The number of nitrogens with one attached hydrogen (secondary N) is 1. The van der Waals surface area contributed by atoms with Crippen molar-refractivity contribution in [2.45, 2.75) is 19.4 Å². The fourth-order valence-corrected chi connectivity index (χ4v) is 2.52. The van der Waals surface area contributed by atoms with Crippen LogP contribution in [0.5, 0.6) is 0 Å². The van der Waals surface area contributed by atoms with Crippen LogP contribution in [0.25, 0.3) is 10.9 Å². The largest absolute Gasteiger partial charge is 0.381 e. The van der Waals surface area contributed by atoms with E-state index in [0.717, 1.165) is 25.2 Å². The minimum atomic E-state index is 0.490. The summed E-state index contributed by atoms with van der Waals surface area (Å²) >= 11 is 0. The smallest absolute Gasteiger partial charge is 0.0722 e. The first-order valence-electron chi connectivity index (χ1n) is 6.52. The number of nitrogens with zero attached hydrogens (tertiary/aromatic N) is 1. The highest BCUT2D eigenvalue weighted by molar-refractivity contribution is 5.90. The monoisotopic (exact) mass is 242 g/mol. The van der Waals surface area contributed by atoms with E-state index in [0.29, 0.717) is 12.0 Å². The van der Waals surface area contributed by atoms with Crippen LogP contribution in [0.2, 0.25) is 0 Å². The molecule has 3 heteroatoms. The number of rotatable bonds is 2. The second-order valence-electron chi connectivity index (χ2n) is 4.97. The maximum Gasteiger partial charge on any atom is 0.0722 e. The van der Waals surface area contributed by atoms with Crippen molar-refractivity contribution in [1.29, 1.82) is 0 Å². The van der Waals surface area contributed by atoms with Gasteiger partial charge in [0.2, 0.25) is 0 Å². The Hall–Kier alpha value is -1.61. The number of anilines is 1. The summed E-state index contributed by atoms with van der Waals surface area (Å²) in [4.78, 5) is 4.39. The van der Waals surface area contributed by atoms with Crippen LogP contribution in [0.3, 0.4) is 0 Å². The highest BCUT2D eigenvalue weighted by Crippen LogP contribution is 2.25. The van der Waals surface area contributed by atoms with E-state index < -0.39 is 0 Å². The Kier molecular flexibility index (Phi) is 3.15. The van der Waals surface area contributed by atoms with Gasteiger partial charge < -0.3 is 10.1 Å². The molecular weight excluding hydrogens is 224 g/mol. The first-order chi connectivity index (χ1) is 8.84. The van der Waals surface area contributed by atoms with Gasteiger partial charge in [0.15, 0.2) is 0 Å². The summed E-state index contributed by atoms with van der Waals surface area (Å²) in [6, 6.07) is 10.8. The number of hydrogen-bond acceptors (Lipinski definition) is 3. The van der Waals surface area contributed by atoms with E-state index in [1.807, 2.05) is 18.3 Å². The Morgan fingerprint density at radius 3 is 3.06 bits per heavy atom. The molecule has 3 nitrogen and oxygen atoms in total. The quantitative estimate of drug-likeness (QED) is 0.878. The van der Waals surface area contributed by atoms with Gasteiger partial charge in [-0.25, -0.2) is 0 Å². The number of para-hydroxylation sites is 1. The molecule has 2 aromatic rings. The van der Waals surface area contributed by atoms with Gasteiger partial charge in [-0.05, 0) is 24.5 Å². The Morgan fingerprint density at radius 1 is 1.28 bits per heavy atom. The lowest BCUT2D eigenvalue weighted by Crippen LogP contribution is -2.35.